The fraction of sp³-hybridized carbons (Fsp3) is 0.100. The van der Waals surface area contributed by atoms with E-state index in [0.717, 1.165) is 5.56 Å². The fourth-order valence-electron chi connectivity index (χ4n) is 2.93. The van der Waals surface area contributed by atoms with Crippen molar-refractivity contribution in [2.45, 2.75) is 6.92 Å². The van der Waals surface area contributed by atoms with Crippen LogP contribution in [0.15, 0.2) is 51.2 Å². The molecule has 4 rings (SSSR count). The second-order valence-corrected chi connectivity index (χ2v) is 6.25. The average molecular weight is 350 g/mol. The average Bonchev–Trinajstić information content (AvgIpc) is 2.64. The number of ether oxygens (including phenoxy) is 1. The highest BCUT2D eigenvalue weighted by molar-refractivity contribution is 6.30. The topological polar surface area (TPSA) is 63.2 Å². The van der Waals surface area contributed by atoms with E-state index in [1.165, 1.54) is 0 Å². The van der Waals surface area contributed by atoms with E-state index in [2.05, 4.69) is 6.07 Å². The van der Waals surface area contributed by atoms with Crippen LogP contribution in [0.2, 0.25) is 5.02 Å². The Morgan fingerprint density at radius 2 is 1.92 bits per heavy atom. The van der Waals surface area contributed by atoms with Gasteiger partial charge in [0, 0.05) is 16.1 Å². The third-order valence-corrected chi connectivity index (χ3v) is 4.49. The van der Waals surface area contributed by atoms with Crippen LogP contribution >= 0.6 is 11.6 Å². The molecular formula is C20H12ClNO3. The van der Waals surface area contributed by atoms with Crippen LogP contribution in [0.5, 0.6) is 5.75 Å². The Kier molecular flexibility index (Phi) is 3.60. The Morgan fingerprint density at radius 1 is 1.16 bits per heavy atom. The summed E-state index contributed by atoms with van der Waals surface area (Å²) in [5.41, 5.74) is 2.71. The fourth-order valence-corrected chi connectivity index (χ4v) is 3.06. The first-order chi connectivity index (χ1) is 12.1. The summed E-state index contributed by atoms with van der Waals surface area (Å²) < 4.78 is 11.7. The molecule has 0 unspecified atom stereocenters. The summed E-state index contributed by atoms with van der Waals surface area (Å²) in [6.45, 7) is 1.96. The maximum Gasteiger partial charge on any atom is 0.196 e. The molecule has 1 aliphatic heterocycles. The Bertz CT molecular complexity index is 1130. The van der Waals surface area contributed by atoms with Crippen LogP contribution < -0.4 is 10.2 Å². The summed E-state index contributed by atoms with van der Waals surface area (Å²) in [5, 5.41) is 10.2. The zero-order valence-corrected chi connectivity index (χ0v) is 14.1. The van der Waals surface area contributed by atoms with Gasteiger partial charge in [-0.05, 0) is 49.4 Å². The molecule has 0 aliphatic carbocycles. The van der Waals surface area contributed by atoms with Gasteiger partial charge in [0.2, 0.25) is 0 Å². The van der Waals surface area contributed by atoms with Gasteiger partial charge < -0.3 is 9.15 Å². The maximum atomic E-state index is 12.8. The van der Waals surface area contributed by atoms with Gasteiger partial charge in [0.15, 0.2) is 5.43 Å². The smallest absolute Gasteiger partial charge is 0.196 e. The number of nitrogens with zero attached hydrogens (tertiary/aromatic N) is 1. The number of hydrogen-bond donors (Lipinski definition) is 0. The van der Waals surface area contributed by atoms with Crippen molar-refractivity contribution in [3.05, 3.63) is 68.3 Å². The van der Waals surface area contributed by atoms with Gasteiger partial charge in [-0.1, -0.05) is 11.6 Å². The summed E-state index contributed by atoms with van der Waals surface area (Å²) in [5.74, 6) is 1.08. The lowest BCUT2D eigenvalue weighted by Gasteiger charge is -2.16. The second kappa shape index (κ2) is 5.80. The van der Waals surface area contributed by atoms with Gasteiger partial charge in [-0.3, -0.25) is 4.79 Å². The number of benzene rings is 2. The molecule has 5 heteroatoms. The lowest BCUT2D eigenvalue weighted by molar-refractivity contribution is 0.351. The van der Waals surface area contributed by atoms with Gasteiger partial charge in [0.25, 0.3) is 0 Å². The van der Waals surface area contributed by atoms with Crippen LogP contribution in [0.4, 0.5) is 0 Å². The van der Waals surface area contributed by atoms with Crippen molar-refractivity contribution in [2.24, 2.45) is 0 Å². The first-order valence-corrected chi connectivity index (χ1v) is 8.06. The molecule has 0 atom stereocenters. The molecule has 0 N–H and O–H groups in total. The van der Waals surface area contributed by atoms with Crippen molar-refractivity contribution in [3.63, 3.8) is 0 Å². The summed E-state index contributed by atoms with van der Waals surface area (Å²) in [6.07, 6.45) is 1.71. The lowest BCUT2D eigenvalue weighted by Crippen LogP contribution is -2.11. The Labute approximate surface area is 148 Å². The minimum atomic E-state index is -0.105. The van der Waals surface area contributed by atoms with E-state index in [-0.39, 0.29) is 12.0 Å². The third kappa shape index (κ3) is 2.50. The molecule has 0 saturated carbocycles. The highest BCUT2D eigenvalue weighted by Gasteiger charge is 2.20. The molecular weight excluding hydrogens is 338 g/mol. The van der Waals surface area contributed by atoms with Gasteiger partial charge >= 0.3 is 0 Å². The minimum Gasteiger partial charge on any atom is -0.487 e. The highest BCUT2D eigenvalue weighted by atomic mass is 35.5. The van der Waals surface area contributed by atoms with Crippen molar-refractivity contribution < 1.29 is 9.15 Å². The van der Waals surface area contributed by atoms with E-state index >= 15 is 0 Å². The molecule has 0 spiro atoms. The minimum absolute atomic E-state index is 0.105. The molecule has 2 aromatic carbocycles. The largest absolute Gasteiger partial charge is 0.487 e. The standard InChI is InChI=1S/C20H12ClNO3/c1-11-18(23)15-6-7-17-16(8-12(9-22)10-24-17)20(15)25-19(11)13-2-4-14(21)5-3-13/h2-8H,10H2,1H3. The van der Waals surface area contributed by atoms with Crippen molar-refractivity contribution in [1.29, 1.82) is 5.26 Å². The van der Waals surface area contributed by atoms with E-state index in [0.29, 0.717) is 44.2 Å². The van der Waals surface area contributed by atoms with Gasteiger partial charge in [-0.15, -0.1) is 0 Å². The van der Waals surface area contributed by atoms with Crippen LogP contribution in [0.1, 0.15) is 11.1 Å². The van der Waals surface area contributed by atoms with E-state index in [1.807, 2.05) is 12.1 Å². The molecule has 1 aliphatic rings. The van der Waals surface area contributed by atoms with Gasteiger partial charge in [0.05, 0.1) is 22.6 Å². The van der Waals surface area contributed by atoms with Crippen LogP contribution in [-0.2, 0) is 0 Å². The lowest BCUT2D eigenvalue weighted by atomic mass is 10.0. The summed E-state index contributed by atoms with van der Waals surface area (Å²) in [7, 11) is 0. The summed E-state index contributed by atoms with van der Waals surface area (Å²) >= 11 is 5.94. The molecule has 2 heterocycles. The monoisotopic (exact) mass is 349 g/mol. The molecule has 0 saturated heterocycles. The number of halogens is 1. The highest BCUT2D eigenvalue weighted by Crippen LogP contribution is 2.35. The maximum absolute atomic E-state index is 12.8. The Morgan fingerprint density at radius 3 is 2.64 bits per heavy atom. The first kappa shape index (κ1) is 15.5. The van der Waals surface area contributed by atoms with E-state index in [9.17, 15) is 4.79 Å². The van der Waals surface area contributed by atoms with Crippen LogP contribution in [0.3, 0.4) is 0 Å². The van der Waals surface area contributed by atoms with Crippen molar-refractivity contribution >= 4 is 28.6 Å². The Balaban J connectivity index is 2.06. The zero-order valence-electron chi connectivity index (χ0n) is 13.3. The Hall–Kier alpha value is -3.03. The molecule has 0 fully saturated rings. The van der Waals surface area contributed by atoms with Gasteiger partial charge in [0.1, 0.15) is 23.7 Å². The molecule has 25 heavy (non-hydrogen) atoms. The van der Waals surface area contributed by atoms with Crippen LogP contribution in [0.25, 0.3) is 28.4 Å². The predicted octanol–water partition coefficient (Wildman–Crippen LogP) is 4.72. The van der Waals surface area contributed by atoms with Crippen molar-refractivity contribution in [1.82, 2.24) is 0 Å². The summed E-state index contributed by atoms with van der Waals surface area (Å²) in [6, 6.07) is 12.6. The number of hydrogen-bond acceptors (Lipinski definition) is 4. The predicted molar refractivity (Wildman–Crippen MR) is 96.8 cm³/mol. The van der Waals surface area contributed by atoms with Crippen molar-refractivity contribution in [2.75, 3.05) is 6.61 Å². The molecule has 0 radical (unpaired) electrons. The quantitative estimate of drug-likeness (QED) is 0.637. The second-order valence-electron chi connectivity index (χ2n) is 5.82. The summed E-state index contributed by atoms with van der Waals surface area (Å²) in [4.78, 5) is 12.8. The number of fused-ring (bicyclic) bond motifs is 3. The molecule has 1 aromatic heterocycles. The number of nitriles is 1. The van der Waals surface area contributed by atoms with Crippen LogP contribution in [-0.4, -0.2) is 6.61 Å². The van der Waals surface area contributed by atoms with Crippen molar-refractivity contribution in [3.8, 4) is 23.1 Å². The van der Waals surface area contributed by atoms with Gasteiger partial charge in [-0.25, -0.2) is 0 Å². The van der Waals surface area contributed by atoms with E-state index < -0.39 is 0 Å². The van der Waals surface area contributed by atoms with E-state index in [4.69, 9.17) is 26.0 Å². The molecule has 122 valence electrons. The zero-order chi connectivity index (χ0) is 17.6. The third-order valence-electron chi connectivity index (χ3n) is 4.24. The molecule has 0 amide bonds. The molecule has 4 nitrogen and oxygen atoms in total. The van der Waals surface area contributed by atoms with Gasteiger partial charge in [-0.2, -0.15) is 5.26 Å². The SMILES string of the molecule is Cc1c(-c2ccc(Cl)cc2)oc2c3c(ccc2c1=O)OCC(C#N)=C3. The molecule has 3 aromatic rings. The normalized spacial score (nSPS) is 12.9. The first-order valence-electron chi connectivity index (χ1n) is 7.68. The molecule has 0 bridgehead atoms. The van der Waals surface area contributed by atoms with Crippen LogP contribution in [0, 0.1) is 18.3 Å². The number of rotatable bonds is 1. The van der Waals surface area contributed by atoms with E-state index in [1.54, 1.807) is 37.3 Å².